The number of hydrogen-bond donors (Lipinski definition) is 1. The number of amides is 3. The van der Waals surface area contributed by atoms with Gasteiger partial charge in [0, 0.05) is 26.1 Å². The molecule has 2 aromatic carbocycles. The van der Waals surface area contributed by atoms with Gasteiger partial charge in [-0.25, -0.2) is 4.79 Å². The lowest BCUT2D eigenvalue weighted by Gasteiger charge is -2.20. The third kappa shape index (κ3) is 3.01. The highest BCUT2D eigenvalue weighted by atomic mass is 16.6. The number of rotatable bonds is 2. The standard InChI is InChI=1S/C23H23N3O4/c1-25-12-21(27)24-20-11-26(10-18(20)22(25)28)23(29)30-13-19-16-8-4-2-6-14(16)15-7-3-5-9-17(15)19/h2-9,18-20H,10-13H2,1H3,(H,24,27). The Morgan fingerprint density at radius 2 is 1.67 bits per heavy atom. The lowest BCUT2D eigenvalue weighted by atomic mass is 9.98. The van der Waals surface area contributed by atoms with Crippen LogP contribution in [0.4, 0.5) is 4.79 Å². The van der Waals surface area contributed by atoms with E-state index in [0.717, 1.165) is 11.1 Å². The summed E-state index contributed by atoms with van der Waals surface area (Å²) in [7, 11) is 1.61. The normalized spacial score (nSPS) is 22.8. The molecule has 0 radical (unpaired) electrons. The third-order valence-electron chi connectivity index (χ3n) is 6.33. The molecule has 1 aliphatic carbocycles. The second-order valence-electron chi connectivity index (χ2n) is 8.18. The van der Waals surface area contributed by atoms with Crippen molar-refractivity contribution in [2.75, 3.05) is 33.3 Å². The van der Waals surface area contributed by atoms with Gasteiger partial charge in [-0.1, -0.05) is 48.5 Å². The number of ether oxygens (including phenoxy) is 1. The van der Waals surface area contributed by atoms with E-state index in [0.29, 0.717) is 0 Å². The van der Waals surface area contributed by atoms with Crippen LogP contribution < -0.4 is 5.32 Å². The number of hydrogen-bond acceptors (Lipinski definition) is 4. The molecule has 2 atom stereocenters. The van der Waals surface area contributed by atoms with Crippen molar-refractivity contribution in [2.24, 2.45) is 5.92 Å². The smallest absolute Gasteiger partial charge is 0.409 e. The van der Waals surface area contributed by atoms with Gasteiger partial charge in [-0.05, 0) is 22.3 Å². The van der Waals surface area contributed by atoms with E-state index in [-0.39, 0.29) is 50.0 Å². The summed E-state index contributed by atoms with van der Waals surface area (Å²) in [6, 6.07) is 16.0. The maximum atomic E-state index is 12.8. The van der Waals surface area contributed by atoms with Crippen LogP contribution in [0, 0.1) is 5.92 Å². The van der Waals surface area contributed by atoms with Gasteiger partial charge >= 0.3 is 6.09 Å². The molecule has 3 amide bonds. The number of carbonyl (C=O) groups is 3. The summed E-state index contributed by atoms with van der Waals surface area (Å²) in [4.78, 5) is 40.2. The van der Waals surface area contributed by atoms with E-state index in [4.69, 9.17) is 4.74 Å². The molecule has 0 spiro atoms. The quantitative estimate of drug-likeness (QED) is 0.827. The largest absolute Gasteiger partial charge is 0.448 e. The minimum absolute atomic E-state index is 0.0121. The molecule has 2 saturated heterocycles. The number of likely N-dealkylation sites (tertiary alicyclic amines) is 1. The molecule has 0 saturated carbocycles. The molecule has 2 unspecified atom stereocenters. The van der Waals surface area contributed by atoms with Crippen LogP contribution in [-0.2, 0) is 14.3 Å². The highest BCUT2D eigenvalue weighted by Crippen LogP contribution is 2.44. The van der Waals surface area contributed by atoms with Gasteiger partial charge in [-0.3, -0.25) is 9.59 Å². The lowest BCUT2D eigenvalue weighted by molar-refractivity contribution is -0.135. The second kappa shape index (κ2) is 7.16. The Morgan fingerprint density at radius 1 is 1.03 bits per heavy atom. The first-order chi connectivity index (χ1) is 14.5. The van der Waals surface area contributed by atoms with Crippen LogP contribution in [0.1, 0.15) is 17.0 Å². The molecule has 0 bridgehead atoms. The summed E-state index contributed by atoms with van der Waals surface area (Å²) >= 11 is 0. The Hall–Kier alpha value is -3.35. The van der Waals surface area contributed by atoms with Crippen molar-refractivity contribution in [1.29, 1.82) is 0 Å². The molecule has 2 aliphatic heterocycles. The average molecular weight is 405 g/mol. The van der Waals surface area contributed by atoms with Crippen molar-refractivity contribution < 1.29 is 19.1 Å². The zero-order chi connectivity index (χ0) is 20.8. The minimum Gasteiger partial charge on any atom is -0.448 e. The van der Waals surface area contributed by atoms with Gasteiger partial charge in [0.2, 0.25) is 11.8 Å². The highest BCUT2D eigenvalue weighted by molar-refractivity contribution is 5.90. The minimum atomic E-state index is -0.449. The maximum absolute atomic E-state index is 12.8. The van der Waals surface area contributed by atoms with Gasteiger partial charge in [0.1, 0.15) is 6.61 Å². The molecule has 3 aliphatic rings. The van der Waals surface area contributed by atoms with Crippen molar-refractivity contribution in [3.05, 3.63) is 59.7 Å². The molecule has 2 aromatic rings. The number of fused-ring (bicyclic) bond motifs is 4. The third-order valence-corrected chi connectivity index (χ3v) is 6.33. The molecular formula is C23H23N3O4. The molecule has 1 N–H and O–H groups in total. The second-order valence-corrected chi connectivity index (χ2v) is 8.18. The molecule has 7 heteroatoms. The summed E-state index contributed by atoms with van der Waals surface area (Å²) in [5.41, 5.74) is 4.66. The molecule has 7 nitrogen and oxygen atoms in total. The first-order valence-electron chi connectivity index (χ1n) is 10.2. The number of nitrogens with zero attached hydrogens (tertiary/aromatic N) is 2. The predicted octanol–water partition coefficient (Wildman–Crippen LogP) is 1.82. The van der Waals surface area contributed by atoms with E-state index in [2.05, 4.69) is 29.6 Å². The van der Waals surface area contributed by atoms with Crippen LogP contribution in [0.25, 0.3) is 11.1 Å². The van der Waals surface area contributed by atoms with Gasteiger partial charge in [-0.2, -0.15) is 0 Å². The Morgan fingerprint density at radius 3 is 2.33 bits per heavy atom. The van der Waals surface area contributed by atoms with Crippen LogP contribution in [0.3, 0.4) is 0 Å². The van der Waals surface area contributed by atoms with Crippen molar-refractivity contribution >= 4 is 17.9 Å². The summed E-state index contributed by atoms with van der Waals surface area (Å²) in [5, 5.41) is 2.86. The molecule has 0 aromatic heterocycles. The SMILES string of the molecule is CN1CC(=O)NC2CN(C(=O)OCC3c4ccccc4-c4ccccc43)CC2C1=O. The summed E-state index contributed by atoms with van der Waals surface area (Å²) in [6.45, 7) is 0.827. The van der Waals surface area contributed by atoms with Gasteiger partial charge < -0.3 is 19.9 Å². The van der Waals surface area contributed by atoms with Gasteiger partial charge in [0.25, 0.3) is 0 Å². The van der Waals surface area contributed by atoms with Crippen molar-refractivity contribution in [3.63, 3.8) is 0 Å². The Bertz CT molecular complexity index is 991. The molecule has 30 heavy (non-hydrogen) atoms. The van der Waals surface area contributed by atoms with Crippen LogP contribution >= 0.6 is 0 Å². The fourth-order valence-electron chi connectivity index (χ4n) is 4.86. The molecule has 5 rings (SSSR count). The van der Waals surface area contributed by atoms with Gasteiger partial charge in [0.15, 0.2) is 0 Å². The van der Waals surface area contributed by atoms with Crippen LogP contribution in [0.15, 0.2) is 48.5 Å². The van der Waals surface area contributed by atoms with E-state index < -0.39 is 12.0 Å². The van der Waals surface area contributed by atoms with E-state index >= 15 is 0 Å². The van der Waals surface area contributed by atoms with Gasteiger partial charge in [-0.15, -0.1) is 0 Å². The van der Waals surface area contributed by atoms with E-state index in [1.54, 1.807) is 7.05 Å². The fraction of sp³-hybridized carbons (Fsp3) is 0.348. The van der Waals surface area contributed by atoms with Crippen LogP contribution in [0.2, 0.25) is 0 Å². The van der Waals surface area contributed by atoms with Crippen molar-refractivity contribution in [1.82, 2.24) is 15.1 Å². The fourth-order valence-corrected chi connectivity index (χ4v) is 4.86. The molecular weight excluding hydrogens is 382 g/mol. The van der Waals surface area contributed by atoms with Crippen LogP contribution in [-0.4, -0.2) is 67.0 Å². The van der Waals surface area contributed by atoms with Crippen LogP contribution in [0.5, 0.6) is 0 Å². The molecule has 2 heterocycles. The lowest BCUT2D eigenvalue weighted by Crippen LogP contribution is -2.41. The van der Waals surface area contributed by atoms with E-state index in [1.165, 1.54) is 20.9 Å². The zero-order valence-corrected chi connectivity index (χ0v) is 16.7. The molecule has 154 valence electrons. The Kier molecular flexibility index (Phi) is 4.46. The monoisotopic (exact) mass is 405 g/mol. The first-order valence-corrected chi connectivity index (χ1v) is 10.2. The van der Waals surface area contributed by atoms with E-state index in [9.17, 15) is 14.4 Å². The number of carbonyl (C=O) groups excluding carboxylic acids is 3. The van der Waals surface area contributed by atoms with E-state index in [1.807, 2.05) is 24.3 Å². The van der Waals surface area contributed by atoms with Gasteiger partial charge in [0.05, 0.1) is 18.5 Å². The number of likely N-dealkylation sites (N-methyl/N-ethyl adjacent to an activating group) is 1. The van der Waals surface area contributed by atoms with Crippen molar-refractivity contribution in [3.8, 4) is 11.1 Å². The first kappa shape index (κ1) is 18.7. The topological polar surface area (TPSA) is 79.0 Å². The summed E-state index contributed by atoms with van der Waals surface area (Å²) in [5.74, 6) is -0.760. The molecule has 2 fully saturated rings. The maximum Gasteiger partial charge on any atom is 0.409 e. The zero-order valence-electron chi connectivity index (χ0n) is 16.7. The van der Waals surface area contributed by atoms with Crippen molar-refractivity contribution in [2.45, 2.75) is 12.0 Å². The number of nitrogens with one attached hydrogen (secondary N) is 1. The Labute approximate surface area is 174 Å². The summed E-state index contributed by atoms with van der Waals surface area (Å²) in [6.07, 6.45) is -0.449. The average Bonchev–Trinajstić information content (AvgIpc) is 3.28. The highest BCUT2D eigenvalue weighted by Gasteiger charge is 2.44. The number of benzene rings is 2. The summed E-state index contributed by atoms with van der Waals surface area (Å²) < 4.78 is 5.70. The predicted molar refractivity (Wildman–Crippen MR) is 110 cm³/mol. The Balaban J connectivity index is 1.30.